The fourth-order valence-corrected chi connectivity index (χ4v) is 6.03. The van der Waals surface area contributed by atoms with Gasteiger partial charge in [0.15, 0.2) is 6.10 Å². The van der Waals surface area contributed by atoms with Gasteiger partial charge in [0, 0.05) is 19.4 Å². The first-order valence-electron chi connectivity index (χ1n) is 24.7. The van der Waals surface area contributed by atoms with Gasteiger partial charge in [-0.15, -0.1) is 0 Å². The first-order valence-corrected chi connectivity index (χ1v) is 24.7. The van der Waals surface area contributed by atoms with E-state index in [1.165, 1.54) is 32.1 Å². The first-order chi connectivity index (χ1) is 30.6. The molecule has 1 atom stereocenters. The van der Waals surface area contributed by atoms with Crippen molar-refractivity contribution in [3.8, 4) is 0 Å². The molecule has 0 aromatic carbocycles. The minimum atomic E-state index is -0.596. The van der Waals surface area contributed by atoms with Crippen molar-refractivity contribution in [3.05, 3.63) is 134 Å². The molecule has 0 rings (SSSR count). The van der Waals surface area contributed by atoms with Crippen LogP contribution in [-0.2, 0) is 23.8 Å². The lowest BCUT2D eigenvalue weighted by Crippen LogP contribution is -2.30. The van der Waals surface area contributed by atoms with Crippen molar-refractivity contribution in [2.75, 3.05) is 19.8 Å². The van der Waals surface area contributed by atoms with Gasteiger partial charge in [-0.1, -0.05) is 193 Å². The smallest absolute Gasteiger partial charge is 0.306 e. The largest absolute Gasteiger partial charge is 0.462 e. The summed E-state index contributed by atoms with van der Waals surface area (Å²) >= 11 is 0. The molecule has 0 aliphatic heterocycles. The number of carbonyl (C=O) groups is 2. The van der Waals surface area contributed by atoms with Crippen molar-refractivity contribution < 1.29 is 23.8 Å². The molecule has 0 saturated heterocycles. The summed E-state index contributed by atoms with van der Waals surface area (Å²) in [5.74, 6) is -0.536. The average molecular weight is 855 g/mol. The van der Waals surface area contributed by atoms with E-state index in [0.29, 0.717) is 19.4 Å². The molecular weight excluding hydrogens is 765 g/mol. The Morgan fingerprint density at radius 3 is 1.24 bits per heavy atom. The molecule has 0 bridgehead atoms. The third-order valence-electron chi connectivity index (χ3n) is 9.66. The van der Waals surface area contributed by atoms with Gasteiger partial charge in [-0.05, 0) is 116 Å². The van der Waals surface area contributed by atoms with Crippen LogP contribution in [0.5, 0.6) is 0 Å². The summed E-state index contributed by atoms with van der Waals surface area (Å²) in [4.78, 5) is 25.3. The first kappa shape index (κ1) is 58.0. The van der Waals surface area contributed by atoms with E-state index in [1.807, 2.05) is 6.08 Å². The summed E-state index contributed by atoms with van der Waals surface area (Å²) in [5.41, 5.74) is 0. The molecule has 0 N–H and O–H groups in total. The Labute approximate surface area is 381 Å². The zero-order valence-corrected chi connectivity index (χ0v) is 39.8. The van der Waals surface area contributed by atoms with Crippen LogP contribution >= 0.6 is 0 Å². The van der Waals surface area contributed by atoms with Crippen LogP contribution in [0, 0.1) is 0 Å². The van der Waals surface area contributed by atoms with Crippen LogP contribution in [0.3, 0.4) is 0 Å². The molecule has 0 heterocycles. The molecule has 0 aromatic heterocycles. The third kappa shape index (κ3) is 48.7. The number of unbranched alkanes of at least 4 members (excludes halogenated alkanes) is 10. The highest BCUT2D eigenvalue weighted by molar-refractivity contribution is 5.70. The molecule has 0 amide bonds. The summed E-state index contributed by atoms with van der Waals surface area (Å²) in [5, 5.41) is 0. The number of carbonyl (C=O) groups excluding carboxylic acids is 2. The SMILES string of the molecule is CC/C=C\C/C=C\C/C=C\C/C=C\C/C=C\C/C=C\CCC(=O)OCC(COCCCCC/C=C\C/C=C\C/C=C\C/C=C\CC)OC(=O)CCCCCCC/C=C\CCCC. The van der Waals surface area contributed by atoms with Gasteiger partial charge in [0.05, 0.1) is 6.61 Å². The van der Waals surface area contributed by atoms with E-state index in [2.05, 4.69) is 148 Å². The third-order valence-corrected chi connectivity index (χ3v) is 9.66. The monoisotopic (exact) mass is 855 g/mol. The second-order valence-corrected chi connectivity index (χ2v) is 15.6. The predicted octanol–water partition coefficient (Wildman–Crippen LogP) is 16.8. The molecule has 0 fully saturated rings. The lowest BCUT2D eigenvalue weighted by molar-refractivity contribution is -0.162. The molecule has 0 aromatic rings. The maximum absolute atomic E-state index is 12.7. The van der Waals surface area contributed by atoms with Crippen molar-refractivity contribution in [3.63, 3.8) is 0 Å². The van der Waals surface area contributed by atoms with Crippen molar-refractivity contribution >= 4 is 11.9 Å². The van der Waals surface area contributed by atoms with Crippen molar-refractivity contribution in [2.24, 2.45) is 0 Å². The van der Waals surface area contributed by atoms with Gasteiger partial charge in [-0.3, -0.25) is 9.59 Å². The Kier molecular flexibility index (Phi) is 48.1. The Bertz CT molecular complexity index is 1330. The number of esters is 2. The zero-order chi connectivity index (χ0) is 44.9. The molecule has 348 valence electrons. The van der Waals surface area contributed by atoms with Crippen LogP contribution in [0.4, 0.5) is 0 Å². The molecule has 5 heteroatoms. The average Bonchev–Trinajstić information content (AvgIpc) is 3.27. The molecule has 5 nitrogen and oxygen atoms in total. The van der Waals surface area contributed by atoms with Crippen LogP contribution in [0.2, 0.25) is 0 Å². The molecule has 0 aliphatic rings. The van der Waals surface area contributed by atoms with Crippen molar-refractivity contribution in [1.82, 2.24) is 0 Å². The van der Waals surface area contributed by atoms with E-state index < -0.39 is 6.10 Å². The molecule has 0 saturated carbocycles. The number of allylic oxidation sites excluding steroid dienone is 22. The van der Waals surface area contributed by atoms with Gasteiger partial charge in [0.2, 0.25) is 0 Å². The highest BCUT2D eigenvalue weighted by atomic mass is 16.6. The number of hydrogen-bond acceptors (Lipinski definition) is 5. The maximum atomic E-state index is 12.7. The van der Waals surface area contributed by atoms with Gasteiger partial charge < -0.3 is 14.2 Å². The summed E-state index contributed by atoms with van der Waals surface area (Å²) in [6, 6.07) is 0. The van der Waals surface area contributed by atoms with Crippen LogP contribution in [0.15, 0.2) is 134 Å². The van der Waals surface area contributed by atoms with Gasteiger partial charge in [-0.25, -0.2) is 0 Å². The zero-order valence-electron chi connectivity index (χ0n) is 39.8. The van der Waals surface area contributed by atoms with E-state index in [4.69, 9.17) is 14.2 Å². The normalized spacial score (nSPS) is 13.4. The minimum Gasteiger partial charge on any atom is -0.462 e. The number of rotatable bonds is 43. The summed E-state index contributed by atoms with van der Waals surface area (Å²) in [6.45, 7) is 7.37. The minimum absolute atomic E-state index is 0.0198. The van der Waals surface area contributed by atoms with Gasteiger partial charge >= 0.3 is 11.9 Å². The highest BCUT2D eigenvalue weighted by Gasteiger charge is 2.17. The van der Waals surface area contributed by atoms with Crippen LogP contribution in [0.25, 0.3) is 0 Å². The molecule has 62 heavy (non-hydrogen) atoms. The Morgan fingerprint density at radius 2 is 0.758 bits per heavy atom. The highest BCUT2D eigenvalue weighted by Crippen LogP contribution is 2.11. The van der Waals surface area contributed by atoms with Crippen LogP contribution in [0.1, 0.15) is 188 Å². The second kappa shape index (κ2) is 51.4. The van der Waals surface area contributed by atoms with E-state index in [-0.39, 0.29) is 31.6 Å². The Morgan fingerprint density at radius 1 is 0.371 bits per heavy atom. The standard InChI is InChI=1S/C57H90O5/c1-4-7-10-13-16-19-22-24-26-28-29-30-31-33-36-38-41-44-47-50-56(58)61-54-55(62-57(59)51-48-45-42-39-35-21-18-15-12-9-6-3)53-60-52-49-46-43-40-37-34-32-27-25-23-20-17-14-11-8-5-2/h7-8,10-11,15-20,24-27,29-30,33-34,36-37,41,44,55H,4-6,9,12-14,21-23,28,31-32,35,38-40,42-43,45-54H2,1-3H3/b10-7-,11-8-,18-15-,19-16-,20-17-,26-24-,27-25-,30-29-,36-33-,37-34-,44-41-. The van der Waals surface area contributed by atoms with Crippen LogP contribution < -0.4 is 0 Å². The van der Waals surface area contributed by atoms with Crippen molar-refractivity contribution in [1.29, 1.82) is 0 Å². The maximum Gasteiger partial charge on any atom is 0.306 e. The lowest BCUT2D eigenvalue weighted by atomic mass is 10.1. The fourth-order valence-electron chi connectivity index (χ4n) is 6.03. The molecule has 0 radical (unpaired) electrons. The van der Waals surface area contributed by atoms with Crippen LogP contribution in [-0.4, -0.2) is 37.9 Å². The topological polar surface area (TPSA) is 61.8 Å². The molecular formula is C57H90O5. The van der Waals surface area contributed by atoms with E-state index in [0.717, 1.165) is 116 Å². The van der Waals surface area contributed by atoms with Gasteiger partial charge in [-0.2, -0.15) is 0 Å². The quantitative estimate of drug-likeness (QED) is 0.0347. The van der Waals surface area contributed by atoms with Gasteiger partial charge in [0.1, 0.15) is 6.61 Å². The van der Waals surface area contributed by atoms with Crippen molar-refractivity contribution in [2.45, 2.75) is 194 Å². The lowest BCUT2D eigenvalue weighted by Gasteiger charge is -2.18. The molecule has 1 unspecified atom stereocenters. The van der Waals surface area contributed by atoms with E-state index >= 15 is 0 Å². The predicted molar refractivity (Wildman–Crippen MR) is 269 cm³/mol. The second-order valence-electron chi connectivity index (χ2n) is 15.6. The molecule has 0 aliphatic carbocycles. The van der Waals surface area contributed by atoms with Gasteiger partial charge in [0.25, 0.3) is 0 Å². The summed E-state index contributed by atoms with van der Waals surface area (Å²) in [6.07, 6.45) is 73.3. The molecule has 0 spiro atoms. The Hall–Kier alpha value is -3.96. The van der Waals surface area contributed by atoms with E-state index in [1.54, 1.807) is 0 Å². The van der Waals surface area contributed by atoms with E-state index in [9.17, 15) is 9.59 Å². The number of hydrogen-bond donors (Lipinski definition) is 0. The fraction of sp³-hybridized carbons (Fsp3) is 0.579. The summed E-state index contributed by atoms with van der Waals surface area (Å²) < 4.78 is 17.2. The number of ether oxygens (including phenoxy) is 3. The summed E-state index contributed by atoms with van der Waals surface area (Å²) in [7, 11) is 0. The Balaban J connectivity index is 4.46.